The molecule has 0 nitrogen and oxygen atoms in total. The molecule has 1 aromatic heterocycles. The molecule has 1 heterocycles. The van der Waals surface area contributed by atoms with Gasteiger partial charge in [0.2, 0.25) is 0 Å². The maximum atomic E-state index is 5.32. The van der Waals surface area contributed by atoms with Gasteiger partial charge in [-0.15, -0.1) is 17.8 Å². The summed E-state index contributed by atoms with van der Waals surface area (Å²) >= 11 is 1.60. The number of rotatable bonds is 1. The van der Waals surface area contributed by atoms with Crippen LogP contribution in [0.5, 0.6) is 0 Å². The minimum atomic E-state index is 0.625. The van der Waals surface area contributed by atoms with Gasteiger partial charge in [0.25, 0.3) is 0 Å². The largest absolute Gasteiger partial charge is 0.150 e. The molecule has 0 fully saturated rings. The first kappa shape index (κ1) is 9.90. The Morgan fingerprint density at radius 3 is 2.69 bits per heavy atom. The van der Waals surface area contributed by atoms with Crippen LogP contribution in [-0.2, 0) is 0 Å². The molecule has 0 unspecified atom stereocenters. The molecule has 0 atom stereocenters. The first-order valence-corrected chi connectivity index (χ1v) is 5.20. The van der Waals surface area contributed by atoms with E-state index < -0.39 is 0 Å². The van der Waals surface area contributed by atoms with Gasteiger partial charge in [-0.2, -0.15) is 0 Å². The lowest BCUT2D eigenvalue weighted by molar-refractivity contribution is 0.676. The van der Waals surface area contributed by atoms with Crippen molar-refractivity contribution in [2.75, 3.05) is 0 Å². The van der Waals surface area contributed by atoms with Crippen LogP contribution in [-0.4, -0.2) is 0 Å². The maximum absolute atomic E-state index is 5.32. The van der Waals surface area contributed by atoms with E-state index >= 15 is 0 Å². The summed E-state index contributed by atoms with van der Waals surface area (Å²) in [5, 5.41) is 3.96. The van der Waals surface area contributed by atoms with Gasteiger partial charge in [0.15, 0.2) is 0 Å². The van der Waals surface area contributed by atoms with Crippen molar-refractivity contribution in [2.45, 2.75) is 20.3 Å². The van der Waals surface area contributed by atoms with Gasteiger partial charge in [0, 0.05) is 17.2 Å². The van der Waals surface area contributed by atoms with E-state index in [0.29, 0.717) is 5.92 Å². The topological polar surface area (TPSA) is 0 Å². The van der Waals surface area contributed by atoms with Crippen molar-refractivity contribution >= 4 is 11.3 Å². The van der Waals surface area contributed by atoms with E-state index in [0.717, 1.165) is 17.5 Å². The third-order valence-electron chi connectivity index (χ3n) is 1.55. The molecule has 0 saturated heterocycles. The van der Waals surface area contributed by atoms with E-state index in [1.54, 1.807) is 11.3 Å². The zero-order valence-electron chi connectivity index (χ0n) is 7.92. The molecule has 0 radical (unpaired) electrons. The molecule has 1 rings (SSSR count). The van der Waals surface area contributed by atoms with Crippen molar-refractivity contribution in [2.24, 2.45) is 5.92 Å². The second-order valence-corrected chi connectivity index (χ2v) is 3.99. The van der Waals surface area contributed by atoms with Gasteiger partial charge < -0.3 is 0 Å². The van der Waals surface area contributed by atoms with Crippen molar-refractivity contribution in [1.82, 2.24) is 0 Å². The number of hydrogen-bond acceptors (Lipinski definition) is 1. The van der Waals surface area contributed by atoms with E-state index in [4.69, 9.17) is 6.42 Å². The average molecular weight is 188 g/mol. The van der Waals surface area contributed by atoms with Crippen LogP contribution < -0.4 is 0 Å². The third kappa shape index (κ3) is 2.98. The van der Waals surface area contributed by atoms with E-state index in [-0.39, 0.29) is 0 Å². The molecule has 0 spiro atoms. The molecule has 0 bridgehead atoms. The van der Waals surface area contributed by atoms with Crippen molar-refractivity contribution in [3.63, 3.8) is 0 Å². The molecule has 13 heavy (non-hydrogen) atoms. The molecule has 0 aromatic carbocycles. The second-order valence-electron chi connectivity index (χ2n) is 3.24. The monoisotopic (exact) mass is 188 g/mol. The summed E-state index contributed by atoms with van der Waals surface area (Å²) < 4.78 is 0. The Kier molecular flexibility index (Phi) is 3.62. The highest BCUT2D eigenvalue weighted by molar-refractivity contribution is 7.08. The standard InChI is InChI=1S/C12H12S/c1-4-11-8-13-9-12(11)7-5-6-10(2)3/h1,8-10H,6H2,2-3H3. The third-order valence-corrected chi connectivity index (χ3v) is 2.29. The van der Waals surface area contributed by atoms with Crippen LogP contribution in [0.15, 0.2) is 10.8 Å². The Hall–Kier alpha value is -1.18. The van der Waals surface area contributed by atoms with Crippen LogP contribution in [0.2, 0.25) is 0 Å². The SMILES string of the molecule is C#Cc1cscc1C#CCC(C)C. The highest BCUT2D eigenvalue weighted by Gasteiger charge is 1.96. The van der Waals surface area contributed by atoms with Crippen LogP contribution in [0, 0.1) is 30.1 Å². The zero-order valence-corrected chi connectivity index (χ0v) is 8.74. The van der Waals surface area contributed by atoms with Crippen molar-refractivity contribution in [3.05, 3.63) is 21.9 Å². The van der Waals surface area contributed by atoms with Gasteiger partial charge in [-0.25, -0.2) is 0 Å². The predicted molar refractivity (Wildman–Crippen MR) is 58.6 cm³/mol. The number of thiophene rings is 1. The van der Waals surface area contributed by atoms with Crippen LogP contribution in [0.25, 0.3) is 0 Å². The molecule has 0 aliphatic carbocycles. The predicted octanol–water partition coefficient (Wildman–Crippen LogP) is 3.13. The summed E-state index contributed by atoms with van der Waals surface area (Å²) in [4.78, 5) is 0. The fourth-order valence-corrected chi connectivity index (χ4v) is 1.58. The molecule has 0 aliphatic heterocycles. The highest BCUT2D eigenvalue weighted by Crippen LogP contribution is 2.12. The van der Waals surface area contributed by atoms with E-state index in [9.17, 15) is 0 Å². The summed E-state index contributed by atoms with van der Waals surface area (Å²) in [6, 6.07) is 0. The van der Waals surface area contributed by atoms with Gasteiger partial charge in [0.05, 0.1) is 11.1 Å². The van der Waals surface area contributed by atoms with E-state index in [1.807, 2.05) is 10.8 Å². The van der Waals surface area contributed by atoms with Gasteiger partial charge in [-0.05, 0) is 5.92 Å². The Morgan fingerprint density at radius 2 is 2.08 bits per heavy atom. The summed E-state index contributed by atoms with van der Waals surface area (Å²) in [5.74, 6) is 9.46. The second kappa shape index (κ2) is 4.75. The summed E-state index contributed by atoms with van der Waals surface area (Å²) in [6.45, 7) is 4.31. The quantitative estimate of drug-likeness (QED) is 0.594. The molecular formula is C12H12S. The minimum Gasteiger partial charge on any atom is -0.150 e. The molecule has 0 aliphatic rings. The minimum absolute atomic E-state index is 0.625. The van der Waals surface area contributed by atoms with Crippen LogP contribution in [0.3, 0.4) is 0 Å². The lowest BCUT2D eigenvalue weighted by atomic mass is 10.1. The first-order chi connectivity index (χ1) is 6.24. The Labute approximate surface area is 84.0 Å². The normalized spacial score (nSPS) is 9.08. The fraction of sp³-hybridized carbons (Fsp3) is 0.333. The summed E-state index contributed by atoms with van der Waals surface area (Å²) in [5.41, 5.74) is 1.91. The maximum Gasteiger partial charge on any atom is 0.0508 e. The van der Waals surface area contributed by atoms with Crippen molar-refractivity contribution < 1.29 is 0 Å². The Bertz CT molecular complexity index is 366. The molecule has 66 valence electrons. The summed E-state index contributed by atoms with van der Waals surface area (Å²) in [6.07, 6.45) is 6.25. The summed E-state index contributed by atoms with van der Waals surface area (Å²) in [7, 11) is 0. The smallest absolute Gasteiger partial charge is 0.0508 e. The molecule has 0 N–H and O–H groups in total. The Balaban J connectivity index is 2.72. The molecule has 1 heteroatoms. The van der Waals surface area contributed by atoms with Gasteiger partial charge >= 0.3 is 0 Å². The van der Waals surface area contributed by atoms with Gasteiger partial charge in [0.1, 0.15) is 0 Å². The van der Waals surface area contributed by atoms with E-state index in [1.165, 1.54) is 0 Å². The van der Waals surface area contributed by atoms with Gasteiger partial charge in [-0.1, -0.05) is 31.6 Å². The fourth-order valence-electron chi connectivity index (χ4n) is 0.856. The van der Waals surface area contributed by atoms with Crippen LogP contribution in [0.4, 0.5) is 0 Å². The average Bonchev–Trinajstić information content (AvgIpc) is 2.51. The number of hydrogen-bond donors (Lipinski definition) is 0. The van der Waals surface area contributed by atoms with Crippen LogP contribution >= 0.6 is 11.3 Å². The lowest BCUT2D eigenvalue weighted by Gasteiger charge is -1.92. The molecule has 1 aromatic rings. The molecular weight excluding hydrogens is 176 g/mol. The zero-order chi connectivity index (χ0) is 9.68. The van der Waals surface area contributed by atoms with Crippen molar-refractivity contribution in [1.29, 1.82) is 0 Å². The van der Waals surface area contributed by atoms with Crippen molar-refractivity contribution in [3.8, 4) is 24.2 Å². The number of terminal acetylenes is 1. The first-order valence-electron chi connectivity index (χ1n) is 4.25. The van der Waals surface area contributed by atoms with E-state index in [2.05, 4.69) is 31.6 Å². The van der Waals surface area contributed by atoms with Gasteiger partial charge in [-0.3, -0.25) is 0 Å². The molecule has 0 amide bonds. The lowest BCUT2D eigenvalue weighted by Crippen LogP contribution is -1.82. The van der Waals surface area contributed by atoms with Crippen LogP contribution in [0.1, 0.15) is 31.4 Å². The molecule has 0 saturated carbocycles. The highest BCUT2D eigenvalue weighted by atomic mass is 32.1. The Morgan fingerprint density at radius 1 is 1.38 bits per heavy atom.